The molecule has 1 aliphatic carbocycles. The van der Waals surface area contributed by atoms with Crippen molar-refractivity contribution >= 4 is 15.5 Å². The molecule has 0 aliphatic heterocycles. The van der Waals surface area contributed by atoms with Crippen molar-refractivity contribution in [1.82, 2.24) is 0 Å². The molecule has 18 heavy (non-hydrogen) atoms. The summed E-state index contributed by atoms with van der Waals surface area (Å²) in [6, 6.07) is 7.12. The fourth-order valence-electron chi connectivity index (χ4n) is 2.54. The number of nitrogens with one attached hydrogen (secondary N) is 1. The van der Waals surface area contributed by atoms with Crippen LogP contribution >= 0.6 is 0 Å². The molecule has 2 rings (SSSR count). The second-order valence-corrected chi connectivity index (χ2v) is 7.60. The van der Waals surface area contributed by atoms with Crippen molar-refractivity contribution < 1.29 is 8.42 Å². The highest BCUT2D eigenvalue weighted by atomic mass is 32.2. The zero-order chi connectivity index (χ0) is 13.2. The summed E-state index contributed by atoms with van der Waals surface area (Å²) < 4.78 is 23.4. The van der Waals surface area contributed by atoms with Gasteiger partial charge in [-0.1, -0.05) is 19.8 Å². The molecular formula is C14H21NO2S. The topological polar surface area (TPSA) is 46.2 Å². The molecular weight excluding hydrogens is 246 g/mol. The van der Waals surface area contributed by atoms with E-state index in [0.29, 0.717) is 4.90 Å². The van der Waals surface area contributed by atoms with Crippen LogP contribution in [0.3, 0.4) is 0 Å². The van der Waals surface area contributed by atoms with Crippen molar-refractivity contribution in [2.45, 2.75) is 50.0 Å². The third-order valence-corrected chi connectivity index (χ3v) is 5.50. The summed E-state index contributed by atoms with van der Waals surface area (Å²) in [5.41, 5.74) is 1.18. The van der Waals surface area contributed by atoms with Crippen molar-refractivity contribution in [2.75, 3.05) is 11.1 Å². The lowest BCUT2D eigenvalue weighted by molar-refractivity contribution is 0.533. The van der Waals surface area contributed by atoms with Crippen LogP contribution in [0.5, 0.6) is 0 Å². The van der Waals surface area contributed by atoms with E-state index in [4.69, 9.17) is 0 Å². The van der Waals surface area contributed by atoms with Gasteiger partial charge in [0.25, 0.3) is 0 Å². The quantitative estimate of drug-likeness (QED) is 0.911. The summed E-state index contributed by atoms with van der Waals surface area (Å²) >= 11 is 0. The van der Waals surface area contributed by atoms with Crippen LogP contribution in [0.2, 0.25) is 0 Å². The van der Waals surface area contributed by atoms with Gasteiger partial charge >= 0.3 is 0 Å². The lowest BCUT2D eigenvalue weighted by Crippen LogP contribution is -2.30. The Bertz CT molecular complexity index is 499. The van der Waals surface area contributed by atoms with E-state index in [1.165, 1.54) is 25.7 Å². The first-order valence-electron chi connectivity index (χ1n) is 6.56. The van der Waals surface area contributed by atoms with Crippen LogP contribution in [0, 0.1) is 0 Å². The minimum Gasteiger partial charge on any atom is -0.380 e. The molecule has 0 atom stereocenters. The molecule has 100 valence electrons. The minimum absolute atomic E-state index is 0.150. The van der Waals surface area contributed by atoms with E-state index >= 15 is 0 Å². The molecule has 0 saturated heterocycles. The van der Waals surface area contributed by atoms with Crippen LogP contribution in [0.1, 0.15) is 39.5 Å². The van der Waals surface area contributed by atoms with Crippen molar-refractivity contribution in [3.8, 4) is 0 Å². The molecule has 3 nitrogen and oxygen atoms in total. The Balaban J connectivity index is 2.13. The maximum atomic E-state index is 11.7. The average molecular weight is 267 g/mol. The average Bonchev–Trinajstić information content (AvgIpc) is 2.76. The maximum absolute atomic E-state index is 11.7. The highest BCUT2D eigenvalue weighted by molar-refractivity contribution is 7.91. The van der Waals surface area contributed by atoms with Crippen molar-refractivity contribution in [3.05, 3.63) is 24.3 Å². The summed E-state index contributed by atoms with van der Waals surface area (Å²) in [5.74, 6) is 0.150. The zero-order valence-corrected chi connectivity index (χ0v) is 11.9. The Kier molecular flexibility index (Phi) is 3.66. The summed E-state index contributed by atoms with van der Waals surface area (Å²) in [4.78, 5) is 0.409. The predicted octanol–water partition coefficient (Wildman–Crippen LogP) is 3.22. The van der Waals surface area contributed by atoms with Gasteiger partial charge in [-0.25, -0.2) is 8.42 Å². The van der Waals surface area contributed by atoms with Gasteiger partial charge in [0, 0.05) is 11.2 Å². The molecule has 0 aromatic heterocycles. The molecule has 0 amide bonds. The van der Waals surface area contributed by atoms with Gasteiger partial charge in [0.15, 0.2) is 9.84 Å². The highest BCUT2D eigenvalue weighted by Gasteiger charge is 2.28. The first-order valence-corrected chi connectivity index (χ1v) is 8.21. The SMILES string of the molecule is CCS(=O)(=O)c1ccc(NC2(C)CCCC2)cc1. The van der Waals surface area contributed by atoms with E-state index < -0.39 is 9.84 Å². The molecule has 0 bridgehead atoms. The Morgan fingerprint density at radius 2 is 1.72 bits per heavy atom. The Hall–Kier alpha value is -1.03. The first kappa shape index (κ1) is 13.4. The van der Waals surface area contributed by atoms with Gasteiger partial charge in [0.05, 0.1) is 10.6 Å². The lowest BCUT2D eigenvalue weighted by atomic mass is 10.0. The number of sulfone groups is 1. The predicted molar refractivity (Wildman–Crippen MR) is 74.7 cm³/mol. The zero-order valence-electron chi connectivity index (χ0n) is 11.1. The van der Waals surface area contributed by atoms with Crippen molar-refractivity contribution in [3.63, 3.8) is 0 Å². The van der Waals surface area contributed by atoms with Gasteiger partial charge in [-0.3, -0.25) is 0 Å². The van der Waals surface area contributed by atoms with Gasteiger partial charge in [-0.2, -0.15) is 0 Å². The summed E-state index contributed by atoms with van der Waals surface area (Å²) in [7, 11) is -3.09. The number of hydrogen-bond acceptors (Lipinski definition) is 3. The van der Waals surface area contributed by atoms with Crippen LogP contribution in [0.15, 0.2) is 29.2 Å². The van der Waals surface area contributed by atoms with Crippen LogP contribution in [-0.4, -0.2) is 19.7 Å². The normalized spacial score (nSPS) is 18.8. The smallest absolute Gasteiger partial charge is 0.178 e. The molecule has 0 heterocycles. The van der Waals surface area contributed by atoms with Crippen LogP contribution < -0.4 is 5.32 Å². The van der Waals surface area contributed by atoms with Gasteiger partial charge in [0.2, 0.25) is 0 Å². The molecule has 1 N–H and O–H groups in total. The Morgan fingerprint density at radius 3 is 2.22 bits per heavy atom. The van der Waals surface area contributed by atoms with E-state index in [2.05, 4.69) is 12.2 Å². The van der Waals surface area contributed by atoms with Gasteiger partial charge in [0.1, 0.15) is 0 Å². The number of hydrogen-bond donors (Lipinski definition) is 1. The van der Waals surface area contributed by atoms with Crippen molar-refractivity contribution in [1.29, 1.82) is 0 Å². The van der Waals surface area contributed by atoms with E-state index in [1.54, 1.807) is 19.1 Å². The maximum Gasteiger partial charge on any atom is 0.178 e. The first-order chi connectivity index (χ1) is 8.45. The van der Waals surface area contributed by atoms with Gasteiger partial charge in [-0.15, -0.1) is 0 Å². The van der Waals surface area contributed by atoms with Crippen LogP contribution in [0.4, 0.5) is 5.69 Å². The van der Waals surface area contributed by atoms with Crippen LogP contribution in [-0.2, 0) is 9.84 Å². The minimum atomic E-state index is -3.09. The molecule has 1 fully saturated rings. The summed E-state index contributed by atoms with van der Waals surface area (Å²) in [6.07, 6.45) is 4.90. The molecule has 1 saturated carbocycles. The van der Waals surface area contributed by atoms with E-state index in [0.717, 1.165) is 5.69 Å². The molecule has 1 aliphatic rings. The van der Waals surface area contributed by atoms with Crippen molar-refractivity contribution in [2.24, 2.45) is 0 Å². The molecule has 0 radical (unpaired) electrons. The summed E-state index contributed by atoms with van der Waals surface area (Å²) in [6.45, 7) is 3.90. The second-order valence-electron chi connectivity index (χ2n) is 5.32. The number of benzene rings is 1. The third kappa shape index (κ3) is 2.86. The molecule has 1 aromatic carbocycles. The van der Waals surface area contributed by atoms with E-state index in [9.17, 15) is 8.42 Å². The van der Waals surface area contributed by atoms with E-state index in [1.807, 2.05) is 12.1 Å². The standard InChI is InChI=1S/C14H21NO2S/c1-3-18(16,17)13-8-6-12(7-9-13)15-14(2)10-4-5-11-14/h6-9,15H,3-5,10-11H2,1-2H3. The van der Waals surface area contributed by atoms with E-state index in [-0.39, 0.29) is 11.3 Å². The van der Waals surface area contributed by atoms with Crippen LogP contribution in [0.25, 0.3) is 0 Å². The van der Waals surface area contributed by atoms with Gasteiger partial charge < -0.3 is 5.32 Å². The molecule has 0 spiro atoms. The fraction of sp³-hybridized carbons (Fsp3) is 0.571. The lowest BCUT2D eigenvalue weighted by Gasteiger charge is -2.26. The number of anilines is 1. The Morgan fingerprint density at radius 1 is 1.17 bits per heavy atom. The second kappa shape index (κ2) is 4.92. The Labute approximate surface area is 110 Å². The number of rotatable bonds is 4. The fourth-order valence-corrected chi connectivity index (χ4v) is 3.43. The third-order valence-electron chi connectivity index (χ3n) is 3.75. The van der Waals surface area contributed by atoms with Gasteiger partial charge in [-0.05, 0) is 44.0 Å². The molecule has 4 heteroatoms. The largest absolute Gasteiger partial charge is 0.380 e. The highest BCUT2D eigenvalue weighted by Crippen LogP contribution is 2.32. The molecule has 0 unspecified atom stereocenters. The molecule has 1 aromatic rings. The summed E-state index contributed by atoms with van der Waals surface area (Å²) in [5, 5.41) is 3.52. The monoisotopic (exact) mass is 267 g/mol.